The number of phenols is 1. The molecule has 0 atom stereocenters. The summed E-state index contributed by atoms with van der Waals surface area (Å²) in [6.07, 6.45) is 1.69. The van der Waals surface area contributed by atoms with Crippen molar-refractivity contribution in [2.45, 2.75) is 106 Å². The molecule has 0 aliphatic rings. The number of hydrogen-bond acceptors (Lipinski definition) is 3. The number of phenolic OH excluding ortho intramolecular Hbond substituents is 1. The molecule has 0 saturated carbocycles. The highest BCUT2D eigenvalue weighted by atomic mass is 16.3. The monoisotopic (exact) mass is 825 g/mol. The van der Waals surface area contributed by atoms with Crippen LogP contribution in [0.25, 0.3) is 72.7 Å². The number of benzene rings is 6. The van der Waals surface area contributed by atoms with Gasteiger partial charge < -0.3 is 5.11 Å². The van der Waals surface area contributed by atoms with Crippen LogP contribution in [-0.2, 0) is 10.8 Å². The Balaban J connectivity index is 1.34. The van der Waals surface area contributed by atoms with Crippen LogP contribution in [0.1, 0.15) is 127 Å². The van der Waals surface area contributed by atoms with Gasteiger partial charge in [0.25, 0.3) is 0 Å². The minimum atomic E-state index is -3.36. The van der Waals surface area contributed by atoms with E-state index in [1.165, 1.54) is 17.7 Å². The second kappa shape index (κ2) is 16.2. The molecule has 0 spiro atoms. The molecule has 8 rings (SSSR count). The maximum absolute atomic E-state index is 12.2. The summed E-state index contributed by atoms with van der Waals surface area (Å²) in [6.45, 7) is 9.19. The molecule has 0 unspecified atom stereocenters. The Morgan fingerprint density at radius 1 is 0.597 bits per heavy atom. The molecule has 4 nitrogen and oxygen atoms in total. The number of aryl methyl sites for hydroxylation is 1. The molecule has 0 aliphatic heterocycles. The zero-order valence-electron chi connectivity index (χ0n) is 46.1. The van der Waals surface area contributed by atoms with Gasteiger partial charge in [-0.25, -0.2) is 4.98 Å². The quantitative estimate of drug-likeness (QED) is 0.166. The van der Waals surface area contributed by atoms with E-state index in [-0.39, 0.29) is 28.6 Å². The number of rotatable bonds is 8. The minimum Gasteiger partial charge on any atom is -0.507 e. The van der Waals surface area contributed by atoms with E-state index in [2.05, 4.69) is 146 Å². The smallest absolute Gasteiger partial charge is 0.149 e. The van der Waals surface area contributed by atoms with Crippen LogP contribution in [0.4, 0.5) is 0 Å². The van der Waals surface area contributed by atoms with Crippen LogP contribution in [0.15, 0.2) is 134 Å². The molecule has 314 valence electrons. The third-order valence-corrected chi connectivity index (χ3v) is 12.2. The predicted molar refractivity (Wildman–Crippen MR) is 263 cm³/mol. The SMILES string of the molecule is [2H]C([2H])([2H])C(c1ccc(-c2ccnc(-c3cc(-c4cccc5c4nc(-c4cc(C(C)C)cc(C(C)C)c4O)n5-c4cc(C)c(C)c(-c5ccccc5)c4)cc(C(C)(C)C)c3)c2)cc1)(C([2H])([2H])[2H])C([2H])([2H])[2H]. The van der Waals surface area contributed by atoms with E-state index in [1.807, 2.05) is 18.2 Å². The number of para-hydroxylation sites is 1. The van der Waals surface area contributed by atoms with Crippen molar-refractivity contribution in [3.8, 4) is 67.5 Å². The van der Waals surface area contributed by atoms with Crippen molar-refractivity contribution in [2.24, 2.45) is 0 Å². The van der Waals surface area contributed by atoms with Crippen LogP contribution in [0.5, 0.6) is 5.75 Å². The molecule has 0 radical (unpaired) electrons. The van der Waals surface area contributed by atoms with Gasteiger partial charge in [-0.15, -0.1) is 0 Å². The van der Waals surface area contributed by atoms with Crippen LogP contribution < -0.4 is 0 Å². The first kappa shape index (κ1) is 32.5. The molecule has 62 heavy (non-hydrogen) atoms. The molecule has 8 aromatic rings. The number of aromatic hydroxyl groups is 1. The number of imidazole rings is 1. The summed E-state index contributed by atoms with van der Waals surface area (Å²) in [5.74, 6) is 1.08. The average Bonchev–Trinajstić information content (AvgIpc) is 3.68. The first-order valence-electron chi connectivity index (χ1n) is 25.9. The maximum atomic E-state index is 12.2. The van der Waals surface area contributed by atoms with Crippen molar-refractivity contribution in [1.82, 2.24) is 14.5 Å². The molecule has 2 aromatic heterocycles. The highest BCUT2D eigenvalue weighted by Crippen LogP contribution is 2.44. The highest BCUT2D eigenvalue weighted by molar-refractivity contribution is 5.97. The molecule has 6 aromatic carbocycles. The second-order valence-electron chi connectivity index (χ2n) is 18.4. The number of pyridine rings is 1. The Kier molecular flexibility index (Phi) is 8.49. The van der Waals surface area contributed by atoms with Gasteiger partial charge in [-0.1, -0.05) is 148 Å². The van der Waals surface area contributed by atoms with Gasteiger partial charge >= 0.3 is 0 Å². The standard InChI is InChI=1S/C58H61N3O/c1-35(2)42-31-49(36(3)4)55(62)51(32-42)56-60-54-48(19-16-20-53(54)61(56)47-27-37(5)38(6)50(34-47)40-17-14-13-15-18-40)43-28-44(30-46(29-43)58(10,11)12)52-33-41(25-26-59-52)39-21-23-45(24-22-39)57(7,8)9/h13-36,62H,1-12H3/i7D3,8D3,9D3. The Labute approximate surface area is 382 Å². The predicted octanol–water partition coefficient (Wildman–Crippen LogP) is 15.9. The lowest BCUT2D eigenvalue weighted by Crippen LogP contribution is -2.11. The van der Waals surface area contributed by atoms with Gasteiger partial charge in [0.15, 0.2) is 0 Å². The molecular formula is C58H61N3O. The fourth-order valence-electron chi connectivity index (χ4n) is 8.33. The van der Waals surface area contributed by atoms with Crippen molar-refractivity contribution < 1.29 is 17.4 Å². The largest absolute Gasteiger partial charge is 0.507 e. The second-order valence-corrected chi connectivity index (χ2v) is 18.4. The Morgan fingerprint density at radius 3 is 2.00 bits per heavy atom. The van der Waals surface area contributed by atoms with Gasteiger partial charge in [0.2, 0.25) is 0 Å². The third-order valence-electron chi connectivity index (χ3n) is 12.2. The summed E-state index contributed by atoms with van der Waals surface area (Å²) in [6, 6.07) is 41.1. The van der Waals surface area contributed by atoms with E-state index >= 15 is 0 Å². The highest BCUT2D eigenvalue weighted by Gasteiger charge is 2.25. The molecule has 2 heterocycles. The Bertz CT molecular complexity index is 3250. The van der Waals surface area contributed by atoms with E-state index in [0.717, 1.165) is 66.8 Å². The normalized spacial score (nSPS) is 15.0. The topological polar surface area (TPSA) is 50.9 Å². The number of aromatic nitrogens is 3. The zero-order chi connectivity index (χ0) is 51.7. The first-order valence-corrected chi connectivity index (χ1v) is 21.4. The number of hydrogen-bond donors (Lipinski definition) is 1. The van der Waals surface area contributed by atoms with Gasteiger partial charge in [-0.05, 0) is 146 Å². The number of fused-ring (bicyclic) bond motifs is 1. The summed E-state index contributed by atoms with van der Waals surface area (Å²) in [4.78, 5) is 10.4. The lowest BCUT2D eigenvalue weighted by molar-refractivity contribution is 0.466. The molecule has 0 aliphatic carbocycles. The van der Waals surface area contributed by atoms with Crippen LogP contribution >= 0.6 is 0 Å². The summed E-state index contributed by atoms with van der Waals surface area (Å²) in [7, 11) is 0. The lowest BCUT2D eigenvalue weighted by atomic mass is 9.83. The third kappa shape index (κ3) is 8.11. The van der Waals surface area contributed by atoms with E-state index in [1.54, 1.807) is 24.4 Å². The fourth-order valence-corrected chi connectivity index (χ4v) is 8.33. The van der Waals surface area contributed by atoms with Crippen LogP contribution in [-0.4, -0.2) is 19.6 Å². The van der Waals surface area contributed by atoms with E-state index in [9.17, 15) is 5.11 Å². The molecular weight excluding hydrogens is 755 g/mol. The molecule has 0 saturated heterocycles. The summed E-state index contributed by atoms with van der Waals surface area (Å²) < 4.78 is 75.9. The summed E-state index contributed by atoms with van der Waals surface area (Å²) >= 11 is 0. The van der Waals surface area contributed by atoms with Crippen molar-refractivity contribution in [3.63, 3.8) is 0 Å². The Morgan fingerprint density at radius 2 is 1.32 bits per heavy atom. The van der Waals surface area contributed by atoms with Gasteiger partial charge in [0.1, 0.15) is 11.6 Å². The van der Waals surface area contributed by atoms with Gasteiger partial charge in [-0.3, -0.25) is 9.55 Å². The number of nitrogens with zero attached hydrogens (tertiary/aromatic N) is 3. The van der Waals surface area contributed by atoms with Crippen molar-refractivity contribution in [1.29, 1.82) is 0 Å². The van der Waals surface area contributed by atoms with Gasteiger partial charge in [-0.2, -0.15) is 0 Å². The summed E-state index contributed by atoms with van der Waals surface area (Å²) in [5, 5.41) is 12.2. The summed E-state index contributed by atoms with van der Waals surface area (Å²) in [5.41, 5.74) is 11.6. The molecule has 0 amide bonds. The first-order chi connectivity index (χ1) is 33.1. The Hall–Kier alpha value is -6.26. The van der Waals surface area contributed by atoms with Gasteiger partial charge in [0, 0.05) is 35.3 Å². The van der Waals surface area contributed by atoms with Crippen molar-refractivity contribution in [3.05, 3.63) is 167 Å². The van der Waals surface area contributed by atoms with Crippen molar-refractivity contribution in [2.75, 3.05) is 0 Å². The molecule has 1 N–H and O–H groups in total. The lowest BCUT2D eigenvalue weighted by Gasteiger charge is -2.22. The van der Waals surface area contributed by atoms with E-state index < -0.39 is 26.0 Å². The minimum absolute atomic E-state index is 0.0564. The van der Waals surface area contributed by atoms with Crippen LogP contribution in [0.2, 0.25) is 0 Å². The van der Waals surface area contributed by atoms with Crippen LogP contribution in [0, 0.1) is 13.8 Å². The average molecular weight is 825 g/mol. The zero-order valence-corrected chi connectivity index (χ0v) is 37.1. The van der Waals surface area contributed by atoms with E-state index in [4.69, 9.17) is 22.3 Å². The molecule has 4 heteroatoms. The molecule has 0 fully saturated rings. The van der Waals surface area contributed by atoms with E-state index in [0.29, 0.717) is 28.2 Å². The molecule has 0 bridgehead atoms. The fraction of sp³-hybridized carbons (Fsp3) is 0.276. The van der Waals surface area contributed by atoms with Crippen molar-refractivity contribution >= 4 is 11.0 Å². The van der Waals surface area contributed by atoms with Gasteiger partial charge in [0.05, 0.1) is 22.3 Å². The van der Waals surface area contributed by atoms with Crippen LogP contribution in [0.3, 0.4) is 0 Å². The maximum Gasteiger partial charge on any atom is 0.149 e.